The summed E-state index contributed by atoms with van der Waals surface area (Å²) < 4.78 is 57.6. The molecule has 4 aromatic rings. The molecule has 0 aliphatic heterocycles. The van der Waals surface area contributed by atoms with E-state index < -0.39 is 31.8 Å². The number of fused-ring (bicyclic) bond motifs is 2. The summed E-state index contributed by atoms with van der Waals surface area (Å²) in [5, 5.41) is 6.68. The first-order valence-corrected chi connectivity index (χ1v) is 10.7. The van der Waals surface area contributed by atoms with Crippen LogP contribution in [0, 0.1) is 11.9 Å². The lowest BCUT2D eigenvalue weighted by molar-refractivity contribution is 0.511. The number of aromatic nitrogens is 6. The largest absolute Gasteiger partial charge is 0.253 e. The van der Waals surface area contributed by atoms with Gasteiger partial charge in [0.15, 0.2) is 11.3 Å². The van der Waals surface area contributed by atoms with Crippen molar-refractivity contribution in [3.8, 4) is 0 Å². The number of sulfone groups is 1. The Morgan fingerprint density at radius 1 is 0.793 bits per heavy atom. The maximum absolute atomic E-state index is 14.6. The van der Waals surface area contributed by atoms with Gasteiger partial charge in [-0.05, 0) is 37.1 Å². The summed E-state index contributed by atoms with van der Waals surface area (Å²) in [5.74, 6) is -2.52. The van der Waals surface area contributed by atoms with Crippen molar-refractivity contribution in [3.63, 3.8) is 0 Å². The van der Waals surface area contributed by atoms with Crippen molar-refractivity contribution in [2.24, 2.45) is 0 Å². The molecule has 0 N–H and O–H groups in total. The molecule has 4 aromatic heterocycles. The second-order valence-electron chi connectivity index (χ2n) is 6.61. The van der Waals surface area contributed by atoms with Crippen LogP contribution in [0.5, 0.6) is 0 Å². The smallest absolute Gasteiger partial charge is 0.215 e. The molecule has 0 aromatic carbocycles. The summed E-state index contributed by atoms with van der Waals surface area (Å²) in [5.41, 5.74) is 1.15. The van der Waals surface area contributed by atoms with E-state index in [2.05, 4.69) is 20.2 Å². The zero-order chi connectivity index (χ0) is 20.8. The molecular weight excluding hydrogens is 402 g/mol. The molecule has 0 fully saturated rings. The molecule has 0 radical (unpaired) electrons. The third-order valence-corrected chi connectivity index (χ3v) is 6.13. The van der Waals surface area contributed by atoms with Crippen molar-refractivity contribution in [2.75, 3.05) is 0 Å². The van der Waals surface area contributed by atoms with Gasteiger partial charge in [0.2, 0.25) is 10.1 Å². The minimum Gasteiger partial charge on any atom is -0.215 e. The summed E-state index contributed by atoms with van der Waals surface area (Å²) >= 11 is 0. The van der Waals surface area contributed by atoms with Crippen LogP contribution >= 0.6 is 0 Å². The topological polar surface area (TPSA) is 94.5 Å². The summed E-state index contributed by atoms with van der Waals surface area (Å²) in [6.07, 6.45) is 2.68. The third kappa shape index (κ3) is 3.15. The lowest BCUT2D eigenvalue weighted by Crippen LogP contribution is -2.15. The van der Waals surface area contributed by atoms with Gasteiger partial charge in [0.05, 0.1) is 11.4 Å². The van der Waals surface area contributed by atoms with Crippen molar-refractivity contribution in [3.05, 3.63) is 47.5 Å². The van der Waals surface area contributed by atoms with E-state index in [1.807, 2.05) is 13.8 Å². The molecule has 0 saturated carbocycles. The van der Waals surface area contributed by atoms with Crippen LogP contribution in [0.1, 0.15) is 38.1 Å². The average molecular weight is 420 g/mol. The van der Waals surface area contributed by atoms with Gasteiger partial charge in [-0.2, -0.15) is 38.0 Å². The van der Waals surface area contributed by atoms with Gasteiger partial charge in [-0.15, -0.1) is 0 Å². The highest BCUT2D eigenvalue weighted by atomic mass is 32.2. The second-order valence-corrected chi connectivity index (χ2v) is 8.39. The molecule has 4 rings (SSSR count). The van der Waals surface area contributed by atoms with Crippen LogP contribution in [0.2, 0.25) is 0 Å². The Morgan fingerprint density at radius 2 is 1.21 bits per heavy atom. The highest BCUT2D eigenvalue weighted by molar-refractivity contribution is 7.91. The maximum Gasteiger partial charge on any atom is 0.253 e. The molecule has 8 nitrogen and oxygen atoms in total. The Balaban J connectivity index is 1.98. The van der Waals surface area contributed by atoms with Gasteiger partial charge in [-0.1, -0.05) is 26.7 Å². The molecule has 0 aliphatic carbocycles. The number of hydrogen-bond acceptors (Lipinski definition) is 6. The summed E-state index contributed by atoms with van der Waals surface area (Å²) in [4.78, 5) is 7.26. The Bertz CT molecular complexity index is 1230. The van der Waals surface area contributed by atoms with Gasteiger partial charge in [0.1, 0.15) is 0 Å². The fourth-order valence-corrected chi connectivity index (χ4v) is 4.61. The van der Waals surface area contributed by atoms with E-state index in [1.54, 1.807) is 12.1 Å². The van der Waals surface area contributed by atoms with Gasteiger partial charge < -0.3 is 0 Å². The summed E-state index contributed by atoms with van der Waals surface area (Å²) in [6, 6.07) is 6.25. The van der Waals surface area contributed by atoms with Crippen LogP contribution in [0.25, 0.3) is 11.3 Å². The van der Waals surface area contributed by atoms with Crippen molar-refractivity contribution in [1.29, 1.82) is 0 Å². The highest BCUT2D eigenvalue weighted by Crippen LogP contribution is 2.27. The van der Waals surface area contributed by atoms with Gasteiger partial charge in [0, 0.05) is 0 Å². The zero-order valence-electron chi connectivity index (χ0n) is 15.8. The van der Waals surface area contributed by atoms with Crippen LogP contribution < -0.4 is 0 Å². The van der Waals surface area contributed by atoms with E-state index in [0.29, 0.717) is 24.2 Å². The molecule has 29 heavy (non-hydrogen) atoms. The molecule has 4 heterocycles. The molecule has 0 amide bonds. The summed E-state index contributed by atoms with van der Waals surface area (Å²) in [6.45, 7) is 3.87. The molecule has 0 saturated heterocycles. The van der Waals surface area contributed by atoms with E-state index in [4.69, 9.17) is 0 Å². The molecule has 11 heteroatoms. The van der Waals surface area contributed by atoms with E-state index >= 15 is 0 Å². The zero-order valence-corrected chi connectivity index (χ0v) is 16.6. The molecule has 0 atom stereocenters. The van der Waals surface area contributed by atoms with Crippen LogP contribution in [0.15, 0.2) is 34.3 Å². The van der Waals surface area contributed by atoms with Gasteiger partial charge in [0.25, 0.3) is 21.7 Å². The van der Waals surface area contributed by atoms with Crippen LogP contribution in [0.4, 0.5) is 8.78 Å². The highest BCUT2D eigenvalue weighted by Gasteiger charge is 2.35. The summed E-state index contributed by atoms with van der Waals surface area (Å²) in [7, 11) is -4.70. The number of nitrogens with zero attached hydrogens (tertiary/aromatic N) is 6. The second kappa shape index (κ2) is 7.14. The Labute approximate surface area is 165 Å². The number of aryl methyl sites for hydroxylation is 2. The first-order chi connectivity index (χ1) is 13.9. The molecule has 0 bridgehead atoms. The maximum atomic E-state index is 14.6. The van der Waals surface area contributed by atoms with Gasteiger partial charge >= 0.3 is 0 Å². The predicted molar refractivity (Wildman–Crippen MR) is 99.3 cm³/mol. The van der Waals surface area contributed by atoms with Crippen LogP contribution in [0.3, 0.4) is 0 Å². The monoisotopic (exact) mass is 420 g/mol. The molecule has 0 unspecified atom stereocenters. The lowest BCUT2D eigenvalue weighted by Gasteiger charge is -2.06. The van der Waals surface area contributed by atoms with E-state index in [1.165, 1.54) is 12.1 Å². The van der Waals surface area contributed by atoms with Crippen molar-refractivity contribution in [1.82, 2.24) is 29.2 Å². The first kappa shape index (κ1) is 19.4. The molecule has 0 spiro atoms. The van der Waals surface area contributed by atoms with Gasteiger partial charge in [-0.25, -0.2) is 8.42 Å². The number of hydrogen-bond donors (Lipinski definition) is 0. The molecular formula is C18H18F2N6O2S. The van der Waals surface area contributed by atoms with E-state index in [-0.39, 0.29) is 11.3 Å². The van der Waals surface area contributed by atoms with E-state index in [0.717, 1.165) is 21.9 Å². The Morgan fingerprint density at radius 3 is 1.59 bits per heavy atom. The minimum atomic E-state index is -4.70. The van der Waals surface area contributed by atoms with Gasteiger partial charge in [-0.3, -0.25) is 0 Å². The number of halogens is 2. The lowest BCUT2D eigenvalue weighted by atomic mass is 10.2. The third-order valence-electron chi connectivity index (χ3n) is 4.42. The van der Waals surface area contributed by atoms with Crippen molar-refractivity contribution >= 4 is 21.1 Å². The molecule has 152 valence electrons. The van der Waals surface area contributed by atoms with Crippen molar-refractivity contribution < 1.29 is 17.2 Å². The standard InChI is InChI=1S/C18H18F2N6O2S/c1-3-5-11-7-9-13-21-15(19)17(25(13)23-11)29(27,28)18-16(20)22-14-10-8-12(6-4-2)24-26(14)18/h7-10H,3-6H2,1-2H3. The minimum absolute atomic E-state index is 0.00906. The predicted octanol–water partition coefficient (Wildman–Crippen LogP) is 2.79. The number of imidazole rings is 2. The Hall–Kier alpha value is -2.95. The molecule has 0 aliphatic rings. The fourth-order valence-electron chi connectivity index (χ4n) is 3.17. The average Bonchev–Trinajstić information content (AvgIpc) is 3.17. The van der Waals surface area contributed by atoms with Crippen LogP contribution in [-0.2, 0) is 22.7 Å². The Kier molecular flexibility index (Phi) is 4.77. The van der Waals surface area contributed by atoms with Crippen molar-refractivity contribution in [2.45, 2.75) is 49.6 Å². The quantitative estimate of drug-likeness (QED) is 0.476. The fraction of sp³-hybridized carbons (Fsp3) is 0.333. The van der Waals surface area contributed by atoms with Crippen LogP contribution in [-0.4, -0.2) is 37.6 Å². The normalized spacial score (nSPS) is 12.3. The SMILES string of the molecule is CCCc1ccc2nc(F)c(S(=O)(=O)c3c(F)nc4ccc(CCC)nn34)n2n1. The number of rotatable bonds is 6. The first-order valence-electron chi connectivity index (χ1n) is 9.20. The van der Waals surface area contributed by atoms with E-state index in [9.17, 15) is 17.2 Å².